The minimum atomic E-state index is -3.76. The molecule has 0 aliphatic heterocycles. The first-order valence-electron chi connectivity index (χ1n) is 8.12. The van der Waals surface area contributed by atoms with E-state index in [1.165, 1.54) is 5.56 Å². The van der Waals surface area contributed by atoms with Crippen molar-refractivity contribution in [1.82, 2.24) is 0 Å². The zero-order valence-corrected chi connectivity index (χ0v) is 15.9. The molecule has 0 saturated heterocycles. The normalized spacial score (nSPS) is 12.4. The zero-order chi connectivity index (χ0) is 18.0. The first-order valence-corrected chi connectivity index (χ1v) is 9.53. The predicted octanol–water partition coefficient (Wildman–Crippen LogP) is 4.59. The van der Waals surface area contributed by atoms with Gasteiger partial charge in [0.2, 0.25) is 0 Å². The fourth-order valence-corrected chi connectivity index (χ4v) is 4.56. The van der Waals surface area contributed by atoms with Crippen molar-refractivity contribution < 1.29 is 12.6 Å². The molecule has 130 valence electrons. The minimum Gasteiger partial charge on any atom is -0.266 e. The highest BCUT2D eigenvalue weighted by atomic mass is 32.2. The topological polar surface area (TPSA) is 43.4 Å². The monoisotopic (exact) mass is 346 g/mol. The Bertz CT molecular complexity index is 783. The summed E-state index contributed by atoms with van der Waals surface area (Å²) in [6.45, 7) is 9.77. The smallest absolute Gasteiger partial charge is 0.266 e. The van der Waals surface area contributed by atoms with Gasteiger partial charge in [-0.1, -0.05) is 61.9 Å². The van der Waals surface area contributed by atoms with Gasteiger partial charge >= 0.3 is 0 Å². The Morgan fingerprint density at radius 1 is 0.958 bits per heavy atom. The average Bonchev–Trinajstić information content (AvgIpc) is 2.44. The highest BCUT2D eigenvalue weighted by molar-refractivity contribution is 7.86. The lowest BCUT2D eigenvalue weighted by Gasteiger charge is -2.24. The number of benzene rings is 2. The van der Waals surface area contributed by atoms with Gasteiger partial charge < -0.3 is 0 Å². The minimum absolute atomic E-state index is 0.150. The first-order chi connectivity index (χ1) is 11.1. The highest BCUT2D eigenvalue weighted by Crippen LogP contribution is 2.27. The molecule has 0 aromatic heterocycles. The van der Waals surface area contributed by atoms with Crippen LogP contribution in [-0.4, -0.2) is 15.0 Å². The van der Waals surface area contributed by atoms with E-state index in [9.17, 15) is 8.42 Å². The van der Waals surface area contributed by atoms with Crippen molar-refractivity contribution in [2.75, 3.05) is 6.61 Å². The van der Waals surface area contributed by atoms with Crippen molar-refractivity contribution in [3.8, 4) is 0 Å². The van der Waals surface area contributed by atoms with Gasteiger partial charge in [-0.05, 0) is 49.3 Å². The summed E-state index contributed by atoms with van der Waals surface area (Å²) in [5.74, 6) is 0. The second-order valence-corrected chi connectivity index (χ2v) is 8.82. The van der Waals surface area contributed by atoms with E-state index in [0.29, 0.717) is 4.90 Å². The third-order valence-corrected chi connectivity index (χ3v) is 5.56. The summed E-state index contributed by atoms with van der Waals surface area (Å²) >= 11 is 0. The number of rotatable bonds is 6. The molecule has 3 nitrogen and oxygen atoms in total. The average molecular weight is 346 g/mol. The Balaban J connectivity index is 2.15. The summed E-state index contributed by atoms with van der Waals surface area (Å²) in [6.07, 6.45) is 0.759. The standard InChI is InChI=1S/C20H26O3S/c1-15-11-16(2)19(17(3)12-15)24(21,22)23-14-20(4,5)13-18-9-7-6-8-10-18/h6-12H,13-14H2,1-5H3. The second-order valence-electron chi connectivity index (χ2n) is 7.27. The van der Waals surface area contributed by atoms with Crippen LogP contribution >= 0.6 is 0 Å². The Hall–Kier alpha value is -1.65. The molecular weight excluding hydrogens is 320 g/mol. The molecule has 0 saturated carbocycles. The molecule has 2 aromatic rings. The van der Waals surface area contributed by atoms with Crippen molar-refractivity contribution in [2.24, 2.45) is 5.41 Å². The maximum absolute atomic E-state index is 12.7. The molecule has 0 aliphatic carbocycles. The van der Waals surface area contributed by atoms with Gasteiger partial charge in [-0.3, -0.25) is 4.18 Å². The SMILES string of the molecule is Cc1cc(C)c(S(=O)(=O)OCC(C)(C)Cc2ccccc2)c(C)c1. The van der Waals surface area contributed by atoms with Crippen molar-refractivity contribution in [1.29, 1.82) is 0 Å². The van der Waals surface area contributed by atoms with Gasteiger partial charge in [-0.15, -0.1) is 0 Å². The summed E-state index contributed by atoms with van der Waals surface area (Å²) in [5.41, 5.74) is 3.40. The van der Waals surface area contributed by atoms with Gasteiger partial charge in [0.05, 0.1) is 11.5 Å². The van der Waals surface area contributed by atoms with E-state index < -0.39 is 10.1 Å². The molecule has 24 heavy (non-hydrogen) atoms. The van der Waals surface area contributed by atoms with Gasteiger partial charge in [0.25, 0.3) is 10.1 Å². The molecule has 0 heterocycles. The van der Waals surface area contributed by atoms with Crippen molar-refractivity contribution in [3.05, 3.63) is 64.7 Å². The predicted molar refractivity (Wildman–Crippen MR) is 97.7 cm³/mol. The molecular formula is C20H26O3S. The number of aryl methyl sites for hydroxylation is 3. The van der Waals surface area contributed by atoms with E-state index >= 15 is 0 Å². The second kappa shape index (κ2) is 7.08. The Morgan fingerprint density at radius 3 is 2.04 bits per heavy atom. The van der Waals surface area contributed by atoms with Crippen LogP contribution in [0.3, 0.4) is 0 Å². The molecule has 0 amide bonds. The fourth-order valence-electron chi connectivity index (χ4n) is 3.06. The van der Waals surface area contributed by atoms with Gasteiger partial charge in [0, 0.05) is 0 Å². The summed E-state index contributed by atoms with van der Waals surface area (Å²) in [5, 5.41) is 0. The molecule has 0 radical (unpaired) electrons. The Morgan fingerprint density at radius 2 is 1.50 bits per heavy atom. The quantitative estimate of drug-likeness (QED) is 0.719. The number of hydrogen-bond acceptors (Lipinski definition) is 3. The molecule has 0 atom stereocenters. The molecule has 0 aliphatic rings. The maximum atomic E-state index is 12.7. The van der Waals surface area contributed by atoms with Crippen LogP contribution in [0, 0.1) is 26.2 Å². The molecule has 0 N–H and O–H groups in total. The molecule has 2 aromatic carbocycles. The van der Waals surface area contributed by atoms with E-state index in [-0.39, 0.29) is 12.0 Å². The van der Waals surface area contributed by atoms with Crippen LogP contribution in [0.15, 0.2) is 47.4 Å². The van der Waals surface area contributed by atoms with Gasteiger partial charge in [-0.25, -0.2) is 0 Å². The molecule has 4 heteroatoms. The van der Waals surface area contributed by atoms with Crippen LogP contribution in [0.5, 0.6) is 0 Å². The van der Waals surface area contributed by atoms with Crippen LogP contribution in [-0.2, 0) is 20.7 Å². The van der Waals surface area contributed by atoms with Crippen LogP contribution in [0.1, 0.15) is 36.1 Å². The largest absolute Gasteiger partial charge is 0.297 e. The van der Waals surface area contributed by atoms with E-state index in [1.807, 2.05) is 77.1 Å². The van der Waals surface area contributed by atoms with E-state index in [1.54, 1.807) is 0 Å². The van der Waals surface area contributed by atoms with E-state index in [0.717, 1.165) is 23.1 Å². The molecule has 2 rings (SSSR count). The van der Waals surface area contributed by atoms with Crippen molar-refractivity contribution in [2.45, 2.75) is 45.9 Å². The summed E-state index contributed by atoms with van der Waals surface area (Å²) < 4.78 is 30.8. The lowest BCUT2D eigenvalue weighted by Crippen LogP contribution is -2.25. The molecule has 0 fully saturated rings. The third kappa shape index (κ3) is 4.68. The lowest BCUT2D eigenvalue weighted by molar-refractivity contribution is 0.185. The fraction of sp³-hybridized carbons (Fsp3) is 0.400. The molecule has 0 bridgehead atoms. The molecule has 0 spiro atoms. The Labute approximate surface area is 145 Å². The number of hydrogen-bond donors (Lipinski definition) is 0. The van der Waals surface area contributed by atoms with Gasteiger partial charge in [0.1, 0.15) is 0 Å². The van der Waals surface area contributed by atoms with Crippen molar-refractivity contribution in [3.63, 3.8) is 0 Å². The van der Waals surface area contributed by atoms with Gasteiger partial charge in [0.15, 0.2) is 0 Å². The van der Waals surface area contributed by atoms with Crippen molar-refractivity contribution >= 4 is 10.1 Å². The zero-order valence-electron chi connectivity index (χ0n) is 15.1. The van der Waals surface area contributed by atoms with Crippen LogP contribution in [0.25, 0.3) is 0 Å². The summed E-state index contributed by atoms with van der Waals surface area (Å²) in [7, 11) is -3.76. The van der Waals surface area contributed by atoms with Crippen LogP contribution in [0.4, 0.5) is 0 Å². The third-order valence-electron chi connectivity index (χ3n) is 3.98. The van der Waals surface area contributed by atoms with Crippen LogP contribution < -0.4 is 0 Å². The molecule has 0 unspecified atom stereocenters. The Kier molecular flexibility index (Phi) is 5.51. The lowest BCUT2D eigenvalue weighted by atomic mass is 9.87. The van der Waals surface area contributed by atoms with E-state index in [4.69, 9.17) is 4.18 Å². The van der Waals surface area contributed by atoms with Crippen LogP contribution in [0.2, 0.25) is 0 Å². The van der Waals surface area contributed by atoms with Gasteiger partial charge in [-0.2, -0.15) is 8.42 Å². The summed E-state index contributed by atoms with van der Waals surface area (Å²) in [4.78, 5) is 0.295. The van der Waals surface area contributed by atoms with E-state index in [2.05, 4.69) is 0 Å². The first kappa shape index (κ1) is 18.7. The highest BCUT2D eigenvalue weighted by Gasteiger charge is 2.26. The maximum Gasteiger partial charge on any atom is 0.297 e. The summed E-state index contributed by atoms with van der Waals surface area (Å²) in [6, 6.07) is 13.8.